The fourth-order valence-electron chi connectivity index (χ4n) is 3.26. The van der Waals surface area contributed by atoms with Gasteiger partial charge in [-0.05, 0) is 37.0 Å². The van der Waals surface area contributed by atoms with Crippen molar-refractivity contribution in [3.8, 4) is 17.2 Å². The van der Waals surface area contributed by atoms with E-state index in [1.54, 1.807) is 0 Å². The number of hydrogen-bond donors (Lipinski definition) is 1. The van der Waals surface area contributed by atoms with Gasteiger partial charge in [0.05, 0.1) is 0 Å². The van der Waals surface area contributed by atoms with Crippen molar-refractivity contribution in [2.75, 3.05) is 5.73 Å². The SMILES string of the molecule is N#Cc1c(N)[nH+]c2c(c1-c1cccc(Br)c1)CCCCCC2. The number of anilines is 1. The molecule has 1 aliphatic rings. The van der Waals surface area contributed by atoms with Crippen molar-refractivity contribution < 1.29 is 4.98 Å². The van der Waals surface area contributed by atoms with Crippen LogP contribution in [0.4, 0.5) is 5.82 Å². The lowest BCUT2D eigenvalue weighted by atomic mass is 9.88. The third kappa shape index (κ3) is 2.86. The van der Waals surface area contributed by atoms with Crippen LogP contribution in [0.15, 0.2) is 28.7 Å². The van der Waals surface area contributed by atoms with E-state index in [-0.39, 0.29) is 0 Å². The van der Waals surface area contributed by atoms with Crippen LogP contribution in [0.3, 0.4) is 0 Å². The third-order valence-electron chi connectivity index (χ3n) is 4.30. The van der Waals surface area contributed by atoms with Gasteiger partial charge in [0.15, 0.2) is 0 Å². The first-order chi connectivity index (χ1) is 10.7. The van der Waals surface area contributed by atoms with Gasteiger partial charge < -0.3 is 0 Å². The maximum atomic E-state index is 9.60. The Kier molecular flexibility index (Phi) is 4.44. The van der Waals surface area contributed by atoms with Crippen LogP contribution in [0, 0.1) is 11.3 Å². The van der Waals surface area contributed by atoms with Crippen LogP contribution < -0.4 is 10.7 Å². The van der Waals surface area contributed by atoms with Crippen LogP contribution in [0.25, 0.3) is 11.1 Å². The minimum Gasteiger partial charge on any atom is -0.286 e. The molecular weight excluding hydrogens is 338 g/mol. The number of nitrogens with one attached hydrogen (secondary N) is 1. The summed E-state index contributed by atoms with van der Waals surface area (Å²) in [5, 5.41) is 9.60. The highest BCUT2D eigenvalue weighted by atomic mass is 79.9. The van der Waals surface area contributed by atoms with Crippen molar-refractivity contribution >= 4 is 21.7 Å². The summed E-state index contributed by atoms with van der Waals surface area (Å²) in [5.74, 6) is 0.483. The van der Waals surface area contributed by atoms with Gasteiger partial charge in [-0.15, -0.1) is 0 Å². The summed E-state index contributed by atoms with van der Waals surface area (Å²) in [6.45, 7) is 0. The van der Waals surface area contributed by atoms with E-state index < -0.39 is 0 Å². The summed E-state index contributed by atoms with van der Waals surface area (Å²) >= 11 is 3.53. The number of pyridine rings is 1. The molecule has 0 unspecified atom stereocenters. The Morgan fingerprint density at radius 1 is 1.14 bits per heavy atom. The number of fused-ring (bicyclic) bond motifs is 1. The molecule has 0 fully saturated rings. The fourth-order valence-corrected chi connectivity index (χ4v) is 3.66. The van der Waals surface area contributed by atoms with Gasteiger partial charge in [-0.25, -0.2) is 4.98 Å². The molecule has 0 radical (unpaired) electrons. The van der Waals surface area contributed by atoms with Crippen LogP contribution >= 0.6 is 15.9 Å². The lowest BCUT2D eigenvalue weighted by Crippen LogP contribution is -2.23. The summed E-state index contributed by atoms with van der Waals surface area (Å²) in [6.07, 6.45) is 6.86. The van der Waals surface area contributed by atoms with Gasteiger partial charge in [-0.3, -0.25) is 5.73 Å². The molecule has 2 aromatic rings. The number of rotatable bonds is 1. The van der Waals surface area contributed by atoms with Crippen LogP contribution in [-0.2, 0) is 12.8 Å². The second-order valence-electron chi connectivity index (χ2n) is 5.78. The van der Waals surface area contributed by atoms with E-state index in [9.17, 15) is 5.26 Å². The Morgan fingerprint density at radius 3 is 2.64 bits per heavy atom. The van der Waals surface area contributed by atoms with Crippen molar-refractivity contribution in [3.63, 3.8) is 0 Å². The van der Waals surface area contributed by atoms with Gasteiger partial charge in [-0.1, -0.05) is 40.9 Å². The number of aryl methyl sites for hydroxylation is 1. The Balaban J connectivity index is 2.27. The zero-order valence-corrected chi connectivity index (χ0v) is 14.0. The number of nitrogens with two attached hydrogens (primary N) is 1. The Bertz CT molecular complexity index is 747. The van der Waals surface area contributed by atoms with E-state index in [1.165, 1.54) is 30.5 Å². The summed E-state index contributed by atoms with van der Waals surface area (Å²) in [6, 6.07) is 10.4. The zero-order chi connectivity index (χ0) is 15.5. The van der Waals surface area contributed by atoms with Gasteiger partial charge in [-0.2, -0.15) is 5.26 Å². The first kappa shape index (κ1) is 15.1. The number of hydrogen-bond acceptors (Lipinski definition) is 2. The first-order valence-electron chi connectivity index (χ1n) is 7.73. The molecule has 3 rings (SSSR count). The smallest absolute Gasteiger partial charge is 0.286 e. The molecule has 0 spiro atoms. The number of aromatic amines is 1. The number of nitriles is 1. The molecule has 4 heteroatoms. The van der Waals surface area contributed by atoms with Crippen LogP contribution in [-0.4, -0.2) is 0 Å². The zero-order valence-electron chi connectivity index (χ0n) is 12.5. The maximum absolute atomic E-state index is 9.60. The second-order valence-corrected chi connectivity index (χ2v) is 6.70. The highest BCUT2D eigenvalue weighted by molar-refractivity contribution is 9.10. The van der Waals surface area contributed by atoms with Crippen LogP contribution in [0.2, 0.25) is 0 Å². The molecule has 1 aromatic carbocycles. The molecule has 3 nitrogen and oxygen atoms in total. The van der Waals surface area contributed by atoms with E-state index in [0.29, 0.717) is 11.4 Å². The quantitative estimate of drug-likeness (QED) is 0.837. The van der Waals surface area contributed by atoms with Gasteiger partial charge in [0, 0.05) is 22.0 Å². The fraction of sp³-hybridized carbons (Fsp3) is 0.333. The Hall–Kier alpha value is -1.86. The minimum absolute atomic E-state index is 0.483. The largest absolute Gasteiger partial charge is 0.289 e. The molecule has 0 aliphatic heterocycles. The molecule has 0 amide bonds. The molecule has 0 saturated heterocycles. The molecule has 3 N–H and O–H groups in total. The summed E-state index contributed by atoms with van der Waals surface area (Å²) in [5.41, 5.74) is 11.2. The summed E-state index contributed by atoms with van der Waals surface area (Å²) < 4.78 is 1.01. The van der Waals surface area contributed by atoms with Crippen molar-refractivity contribution in [2.24, 2.45) is 0 Å². The van der Waals surface area contributed by atoms with E-state index in [0.717, 1.165) is 34.9 Å². The number of nitrogen functional groups attached to an aromatic ring is 1. The second kappa shape index (κ2) is 6.50. The predicted molar refractivity (Wildman–Crippen MR) is 91.1 cm³/mol. The standard InChI is InChI=1S/C18H18BrN3/c19-13-7-5-6-12(10-13)17-14-8-3-1-2-4-9-16(14)22-18(21)15(17)11-20/h5-7,10H,1-4,8-9H2,(H2,21,22)/p+1. The summed E-state index contributed by atoms with van der Waals surface area (Å²) in [7, 11) is 0. The number of aromatic nitrogens is 1. The first-order valence-corrected chi connectivity index (χ1v) is 8.52. The van der Waals surface area contributed by atoms with Gasteiger partial charge >= 0.3 is 0 Å². The molecule has 1 aromatic heterocycles. The molecule has 0 atom stereocenters. The third-order valence-corrected chi connectivity index (χ3v) is 4.79. The van der Waals surface area contributed by atoms with Gasteiger partial charge in [0.2, 0.25) is 0 Å². The number of nitrogens with zero attached hydrogens (tertiary/aromatic N) is 1. The van der Waals surface area contributed by atoms with E-state index >= 15 is 0 Å². The van der Waals surface area contributed by atoms with Gasteiger partial charge in [0.25, 0.3) is 5.82 Å². The van der Waals surface area contributed by atoms with Crippen LogP contribution in [0.5, 0.6) is 0 Å². The minimum atomic E-state index is 0.483. The molecule has 22 heavy (non-hydrogen) atoms. The molecule has 0 bridgehead atoms. The Morgan fingerprint density at radius 2 is 1.91 bits per heavy atom. The van der Waals surface area contributed by atoms with E-state index in [4.69, 9.17) is 5.73 Å². The maximum Gasteiger partial charge on any atom is 0.289 e. The number of halogens is 1. The van der Waals surface area contributed by atoms with Gasteiger partial charge in [0.1, 0.15) is 17.3 Å². The Labute approximate surface area is 139 Å². The van der Waals surface area contributed by atoms with Crippen LogP contribution in [0.1, 0.15) is 42.5 Å². The predicted octanol–water partition coefficient (Wildman–Crippen LogP) is 4.04. The topological polar surface area (TPSA) is 64.0 Å². The normalized spacial score (nSPS) is 14.5. The lowest BCUT2D eigenvalue weighted by Gasteiger charge is -2.17. The van der Waals surface area contributed by atoms with E-state index in [1.807, 2.05) is 12.1 Å². The molecule has 0 saturated carbocycles. The molecule has 112 valence electrons. The monoisotopic (exact) mass is 356 g/mol. The average molecular weight is 357 g/mol. The van der Waals surface area contributed by atoms with E-state index in [2.05, 4.69) is 39.1 Å². The lowest BCUT2D eigenvalue weighted by molar-refractivity contribution is -0.374. The summed E-state index contributed by atoms with van der Waals surface area (Å²) in [4.78, 5) is 3.28. The highest BCUT2D eigenvalue weighted by Crippen LogP contribution is 2.34. The molecular formula is C18H19BrN3+. The van der Waals surface area contributed by atoms with Crippen molar-refractivity contribution in [2.45, 2.75) is 38.5 Å². The number of H-pyrrole nitrogens is 1. The van der Waals surface area contributed by atoms with Crippen molar-refractivity contribution in [1.82, 2.24) is 0 Å². The molecule has 1 heterocycles. The molecule has 1 aliphatic carbocycles. The number of benzene rings is 1. The van der Waals surface area contributed by atoms with Crippen molar-refractivity contribution in [3.05, 3.63) is 45.6 Å². The highest BCUT2D eigenvalue weighted by Gasteiger charge is 2.23. The van der Waals surface area contributed by atoms with Crippen molar-refractivity contribution in [1.29, 1.82) is 5.26 Å². The average Bonchev–Trinajstić information content (AvgIpc) is 2.48.